The fourth-order valence-electron chi connectivity index (χ4n) is 0.845. The molecule has 1 amide bonds. The van der Waals surface area contributed by atoms with E-state index in [1.165, 1.54) is 18.5 Å². The summed E-state index contributed by atoms with van der Waals surface area (Å²) in [6.07, 6.45) is 3.55. The Morgan fingerprint density at radius 1 is 1.50 bits per heavy atom. The Bertz CT molecular complexity index is 455. The van der Waals surface area contributed by atoms with Crippen molar-refractivity contribution in [2.24, 2.45) is 5.73 Å². The third-order valence-corrected chi connectivity index (χ3v) is 1.93. The van der Waals surface area contributed by atoms with Crippen LogP contribution in [0.4, 0.5) is 5.69 Å². The summed E-state index contributed by atoms with van der Waals surface area (Å²) in [6.45, 7) is 0. The van der Waals surface area contributed by atoms with E-state index in [0.717, 1.165) is 6.26 Å². The summed E-state index contributed by atoms with van der Waals surface area (Å²) in [5, 5.41) is 0. The van der Waals surface area contributed by atoms with Crippen molar-refractivity contribution in [1.29, 1.82) is 0 Å². The molecule has 0 aliphatic carbocycles. The van der Waals surface area contributed by atoms with Crippen molar-refractivity contribution in [3.8, 4) is 0 Å². The van der Waals surface area contributed by atoms with Crippen molar-refractivity contribution in [2.45, 2.75) is 0 Å². The van der Waals surface area contributed by atoms with E-state index in [-0.39, 0.29) is 11.3 Å². The van der Waals surface area contributed by atoms with Crippen LogP contribution in [0.2, 0.25) is 0 Å². The second-order valence-corrected chi connectivity index (χ2v) is 4.45. The molecule has 7 heteroatoms. The van der Waals surface area contributed by atoms with Crippen LogP contribution in [0.15, 0.2) is 18.5 Å². The average molecular weight is 215 g/mol. The third kappa shape index (κ3) is 3.02. The molecule has 1 heterocycles. The lowest BCUT2D eigenvalue weighted by Gasteiger charge is -2.03. The SMILES string of the molecule is CS(=O)(=O)Nc1cncc(C(N)=O)c1. The Morgan fingerprint density at radius 2 is 2.14 bits per heavy atom. The van der Waals surface area contributed by atoms with Crippen LogP contribution in [0.3, 0.4) is 0 Å². The molecular formula is C7H9N3O3S. The average Bonchev–Trinajstić information content (AvgIpc) is 2.01. The molecule has 0 aliphatic rings. The normalized spacial score (nSPS) is 10.9. The van der Waals surface area contributed by atoms with Gasteiger partial charge in [0, 0.05) is 6.20 Å². The van der Waals surface area contributed by atoms with Gasteiger partial charge in [-0.1, -0.05) is 0 Å². The van der Waals surface area contributed by atoms with Crippen LogP contribution >= 0.6 is 0 Å². The third-order valence-electron chi connectivity index (χ3n) is 1.33. The van der Waals surface area contributed by atoms with E-state index in [1.54, 1.807) is 0 Å². The molecule has 14 heavy (non-hydrogen) atoms. The molecule has 0 bridgehead atoms. The number of hydrogen-bond donors (Lipinski definition) is 2. The van der Waals surface area contributed by atoms with Gasteiger partial charge in [0.05, 0.1) is 23.7 Å². The molecule has 0 atom stereocenters. The van der Waals surface area contributed by atoms with E-state index in [9.17, 15) is 13.2 Å². The van der Waals surface area contributed by atoms with Crippen LogP contribution in [-0.4, -0.2) is 25.6 Å². The van der Waals surface area contributed by atoms with Crippen molar-refractivity contribution in [1.82, 2.24) is 4.98 Å². The Kier molecular flexibility index (Phi) is 2.70. The number of nitrogens with one attached hydrogen (secondary N) is 1. The molecule has 0 aliphatic heterocycles. The highest BCUT2D eigenvalue weighted by molar-refractivity contribution is 7.92. The van der Waals surface area contributed by atoms with Crippen LogP contribution in [0, 0.1) is 0 Å². The molecule has 3 N–H and O–H groups in total. The Balaban J connectivity index is 3.01. The van der Waals surface area contributed by atoms with E-state index in [1.807, 2.05) is 0 Å². The fourth-order valence-corrected chi connectivity index (χ4v) is 1.38. The maximum absolute atomic E-state index is 10.8. The molecule has 0 unspecified atom stereocenters. The minimum absolute atomic E-state index is 0.152. The van der Waals surface area contributed by atoms with Crippen LogP contribution < -0.4 is 10.5 Å². The van der Waals surface area contributed by atoms with Gasteiger partial charge in [0.15, 0.2) is 0 Å². The topological polar surface area (TPSA) is 102 Å². The standard InChI is InChI=1S/C7H9N3O3S/c1-14(12,13)10-6-2-5(7(8)11)3-9-4-6/h2-4,10H,1H3,(H2,8,11). The zero-order valence-electron chi connectivity index (χ0n) is 7.39. The number of primary amides is 1. The van der Waals surface area contributed by atoms with Crippen LogP contribution in [-0.2, 0) is 10.0 Å². The first kappa shape index (κ1) is 10.5. The molecule has 1 rings (SSSR count). The second kappa shape index (κ2) is 3.62. The number of carbonyl (C=O) groups is 1. The minimum atomic E-state index is -3.36. The molecule has 0 radical (unpaired) electrons. The summed E-state index contributed by atoms with van der Waals surface area (Å²) < 4.78 is 23.8. The van der Waals surface area contributed by atoms with Crippen LogP contribution in [0.5, 0.6) is 0 Å². The number of nitrogens with zero attached hydrogens (tertiary/aromatic N) is 1. The summed E-state index contributed by atoms with van der Waals surface area (Å²) in [7, 11) is -3.36. The number of anilines is 1. The van der Waals surface area contributed by atoms with Gasteiger partial charge in [0.25, 0.3) is 0 Å². The number of pyridine rings is 1. The monoisotopic (exact) mass is 215 g/mol. The zero-order chi connectivity index (χ0) is 10.8. The van der Waals surface area contributed by atoms with Crippen molar-refractivity contribution in [3.63, 3.8) is 0 Å². The molecule has 0 aromatic carbocycles. The highest BCUT2D eigenvalue weighted by Gasteiger charge is 2.05. The molecular weight excluding hydrogens is 206 g/mol. The van der Waals surface area contributed by atoms with Gasteiger partial charge in [-0.25, -0.2) is 8.42 Å². The number of hydrogen-bond acceptors (Lipinski definition) is 4. The van der Waals surface area contributed by atoms with Crippen molar-refractivity contribution >= 4 is 21.6 Å². The number of carbonyl (C=O) groups excluding carboxylic acids is 1. The second-order valence-electron chi connectivity index (χ2n) is 2.70. The first-order chi connectivity index (χ1) is 6.38. The van der Waals surface area contributed by atoms with Crippen LogP contribution in [0.1, 0.15) is 10.4 Å². The van der Waals surface area contributed by atoms with E-state index in [2.05, 4.69) is 9.71 Å². The van der Waals surface area contributed by atoms with Gasteiger partial charge < -0.3 is 5.73 Å². The lowest BCUT2D eigenvalue weighted by atomic mass is 10.2. The van der Waals surface area contributed by atoms with E-state index in [0.29, 0.717) is 0 Å². The predicted molar refractivity (Wildman–Crippen MR) is 51.2 cm³/mol. The Labute approximate surface area is 81.2 Å². The largest absolute Gasteiger partial charge is 0.366 e. The lowest BCUT2D eigenvalue weighted by molar-refractivity contribution is 0.1000. The van der Waals surface area contributed by atoms with Gasteiger partial charge in [-0.15, -0.1) is 0 Å². The quantitative estimate of drug-likeness (QED) is 0.712. The van der Waals surface area contributed by atoms with Gasteiger partial charge in [-0.3, -0.25) is 14.5 Å². The minimum Gasteiger partial charge on any atom is -0.366 e. The van der Waals surface area contributed by atoms with Crippen LogP contribution in [0.25, 0.3) is 0 Å². The first-order valence-electron chi connectivity index (χ1n) is 3.61. The lowest BCUT2D eigenvalue weighted by Crippen LogP contribution is -2.14. The van der Waals surface area contributed by atoms with Gasteiger partial charge >= 0.3 is 0 Å². The molecule has 0 spiro atoms. The van der Waals surface area contributed by atoms with Crippen molar-refractivity contribution < 1.29 is 13.2 Å². The Hall–Kier alpha value is -1.63. The number of amides is 1. The van der Waals surface area contributed by atoms with E-state index in [4.69, 9.17) is 5.73 Å². The maximum Gasteiger partial charge on any atom is 0.250 e. The molecule has 0 saturated carbocycles. The number of nitrogens with two attached hydrogens (primary N) is 1. The molecule has 76 valence electrons. The molecule has 0 saturated heterocycles. The molecule has 6 nitrogen and oxygen atoms in total. The Morgan fingerprint density at radius 3 is 2.64 bits per heavy atom. The maximum atomic E-state index is 10.8. The van der Waals surface area contributed by atoms with Crippen molar-refractivity contribution in [2.75, 3.05) is 11.0 Å². The van der Waals surface area contributed by atoms with Gasteiger partial charge in [0.2, 0.25) is 15.9 Å². The summed E-state index contributed by atoms with van der Waals surface area (Å²) in [5.41, 5.74) is 5.35. The fraction of sp³-hybridized carbons (Fsp3) is 0.143. The number of rotatable bonds is 3. The van der Waals surface area contributed by atoms with Gasteiger partial charge in [-0.2, -0.15) is 0 Å². The highest BCUT2D eigenvalue weighted by Crippen LogP contribution is 2.08. The summed E-state index contributed by atoms with van der Waals surface area (Å²) >= 11 is 0. The summed E-state index contributed by atoms with van der Waals surface area (Å²) in [6, 6.07) is 1.32. The highest BCUT2D eigenvalue weighted by atomic mass is 32.2. The molecule has 1 aromatic heterocycles. The van der Waals surface area contributed by atoms with Gasteiger partial charge in [0.1, 0.15) is 0 Å². The zero-order valence-corrected chi connectivity index (χ0v) is 8.21. The molecule has 1 aromatic rings. The predicted octanol–water partition coefficient (Wildman–Crippen LogP) is -0.448. The first-order valence-corrected chi connectivity index (χ1v) is 5.50. The van der Waals surface area contributed by atoms with E-state index < -0.39 is 15.9 Å². The summed E-state index contributed by atoms with van der Waals surface area (Å²) in [4.78, 5) is 14.4. The smallest absolute Gasteiger partial charge is 0.250 e. The number of aromatic nitrogens is 1. The van der Waals surface area contributed by atoms with E-state index >= 15 is 0 Å². The molecule has 0 fully saturated rings. The van der Waals surface area contributed by atoms with Gasteiger partial charge in [-0.05, 0) is 6.07 Å². The summed E-state index contributed by atoms with van der Waals surface area (Å²) in [5.74, 6) is -0.658. The van der Waals surface area contributed by atoms with Crippen molar-refractivity contribution in [3.05, 3.63) is 24.0 Å². The number of sulfonamides is 1.